The number of carbonyl (C=O) groups excluding carboxylic acids is 1. The lowest BCUT2D eigenvalue weighted by Gasteiger charge is -2.18. The number of nitrogens with one attached hydrogen (secondary N) is 2. The molecule has 1 unspecified atom stereocenters. The molecular formula is C18H26N4O2. The SMILES string of the molecule is Cc1cc(NC(=O)NC(CO)CC(C)C)n(Cc2ccccc2)n1. The first kappa shape index (κ1) is 18.0. The molecule has 2 rings (SSSR count). The van der Waals surface area contributed by atoms with E-state index in [4.69, 9.17) is 0 Å². The molecule has 24 heavy (non-hydrogen) atoms. The topological polar surface area (TPSA) is 79.2 Å². The molecular weight excluding hydrogens is 304 g/mol. The van der Waals surface area contributed by atoms with E-state index in [0.717, 1.165) is 17.7 Å². The molecule has 0 bridgehead atoms. The van der Waals surface area contributed by atoms with Gasteiger partial charge in [-0.3, -0.25) is 5.32 Å². The molecule has 0 fully saturated rings. The van der Waals surface area contributed by atoms with Crippen LogP contribution >= 0.6 is 0 Å². The summed E-state index contributed by atoms with van der Waals surface area (Å²) in [6.45, 7) is 6.51. The second-order valence-electron chi connectivity index (χ2n) is 6.42. The summed E-state index contributed by atoms with van der Waals surface area (Å²) in [6, 6.07) is 11.2. The van der Waals surface area contributed by atoms with Crippen molar-refractivity contribution in [2.45, 2.75) is 39.8 Å². The highest BCUT2D eigenvalue weighted by atomic mass is 16.3. The maximum atomic E-state index is 12.2. The molecule has 3 N–H and O–H groups in total. The van der Waals surface area contributed by atoms with E-state index in [2.05, 4.69) is 29.6 Å². The van der Waals surface area contributed by atoms with E-state index >= 15 is 0 Å². The smallest absolute Gasteiger partial charge is 0.320 e. The molecule has 0 aliphatic heterocycles. The van der Waals surface area contributed by atoms with Gasteiger partial charge in [0.2, 0.25) is 0 Å². The zero-order chi connectivity index (χ0) is 17.5. The molecule has 0 saturated heterocycles. The Morgan fingerprint density at radius 3 is 2.62 bits per heavy atom. The van der Waals surface area contributed by atoms with E-state index in [1.54, 1.807) is 4.68 Å². The molecule has 0 aliphatic carbocycles. The van der Waals surface area contributed by atoms with E-state index in [9.17, 15) is 9.90 Å². The Kier molecular flexibility index (Phi) is 6.37. The molecule has 1 heterocycles. The fraction of sp³-hybridized carbons (Fsp3) is 0.444. The highest BCUT2D eigenvalue weighted by Crippen LogP contribution is 2.13. The number of benzene rings is 1. The van der Waals surface area contributed by atoms with Gasteiger partial charge in [0.1, 0.15) is 5.82 Å². The number of hydrogen-bond donors (Lipinski definition) is 3. The van der Waals surface area contributed by atoms with Gasteiger partial charge in [-0.05, 0) is 24.8 Å². The van der Waals surface area contributed by atoms with Gasteiger partial charge in [-0.25, -0.2) is 9.48 Å². The van der Waals surface area contributed by atoms with Crippen molar-refractivity contribution in [1.82, 2.24) is 15.1 Å². The van der Waals surface area contributed by atoms with Crippen LogP contribution in [-0.4, -0.2) is 33.6 Å². The normalized spacial score (nSPS) is 12.2. The molecule has 0 radical (unpaired) electrons. The second kappa shape index (κ2) is 8.49. The summed E-state index contributed by atoms with van der Waals surface area (Å²) in [5.41, 5.74) is 1.94. The van der Waals surface area contributed by atoms with Gasteiger partial charge in [-0.1, -0.05) is 44.2 Å². The number of amides is 2. The Hall–Kier alpha value is -2.34. The van der Waals surface area contributed by atoms with Crippen LogP contribution in [-0.2, 0) is 6.54 Å². The molecule has 1 atom stereocenters. The number of aliphatic hydroxyl groups is 1. The molecule has 130 valence electrons. The number of anilines is 1. The van der Waals surface area contributed by atoms with Crippen molar-refractivity contribution in [1.29, 1.82) is 0 Å². The summed E-state index contributed by atoms with van der Waals surface area (Å²) < 4.78 is 1.76. The van der Waals surface area contributed by atoms with Crippen LogP contribution in [0.5, 0.6) is 0 Å². The van der Waals surface area contributed by atoms with Crippen LogP contribution in [0.1, 0.15) is 31.5 Å². The van der Waals surface area contributed by atoms with Gasteiger partial charge >= 0.3 is 6.03 Å². The van der Waals surface area contributed by atoms with Gasteiger partial charge in [0, 0.05) is 6.07 Å². The van der Waals surface area contributed by atoms with Gasteiger partial charge < -0.3 is 10.4 Å². The lowest BCUT2D eigenvalue weighted by atomic mass is 10.0. The Morgan fingerprint density at radius 1 is 1.29 bits per heavy atom. The fourth-order valence-electron chi connectivity index (χ4n) is 2.61. The lowest BCUT2D eigenvalue weighted by Crippen LogP contribution is -2.41. The minimum Gasteiger partial charge on any atom is -0.394 e. The third-order valence-corrected chi connectivity index (χ3v) is 3.63. The van der Waals surface area contributed by atoms with Crippen LogP contribution in [0.3, 0.4) is 0 Å². The van der Waals surface area contributed by atoms with Crippen LogP contribution < -0.4 is 10.6 Å². The first-order chi connectivity index (χ1) is 11.5. The average Bonchev–Trinajstić information content (AvgIpc) is 2.86. The Bertz CT molecular complexity index is 652. The van der Waals surface area contributed by atoms with Crippen molar-refractivity contribution in [3.05, 3.63) is 47.7 Å². The molecule has 1 aromatic carbocycles. The molecule has 0 spiro atoms. The highest BCUT2D eigenvalue weighted by molar-refractivity contribution is 5.88. The zero-order valence-corrected chi connectivity index (χ0v) is 14.5. The predicted octanol–water partition coefficient (Wildman–Crippen LogP) is 2.77. The minimum absolute atomic E-state index is 0.0755. The Morgan fingerprint density at radius 2 is 2.00 bits per heavy atom. The summed E-state index contributed by atoms with van der Waals surface area (Å²) in [7, 11) is 0. The quantitative estimate of drug-likeness (QED) is 0.730. The molecule has 6 heteroatoms. The number of carbonyl (C=O) groups is 1. The number of rotatable bonds is 7. The van der Waals surface area contributed by atoms with Crippen molar-refractivity contribution < 1.29 is 9.90 Å². The van der Waals surface area contributed by atoms with Gasteiger partial charge in [0.15, 0.2) is 0 Å². The maximum Gasteiger partial charge on any atom is 0.320 e. The van der Waals surface area contributed by atoms with Crippen LogP contribution in [0, 0.1) is 12.8 Å². The molecule has 6 nitrogen and oxygen atoms in total. The van der Waals surface area contributed by atoms with E-state index in [1.165, 1.54) is 0 Å². The van der Waals surface area contributed by atoms with Crippen molar-refractivity contribution in [3.8, 4) is 0 Å². The number of aromatic nitrogens is 2. The van der Waals surface area contributed by atoms with E-state index in [0.29, 0.717) is 18.3 Å². The molecule has 1 aromatic heterocycles. The summed E-state index contributed by atoms with van der Waals surface area (Å²) in [5, 5.41) is 19.4. The Balaban J connectivity index is 2.02. The monoisotopic (exact) mass is 330 g/mol. The number of urea groups is 1. The highest BCUT2D eigenvalue weighted by Gasteiger charge is 2.15. The first-order valence-electron chi connectivity index (χ1n) is 8.24. The third-order valence-electron chi connectivity index (χ3n) is 3.63. The van der Waals surface area contributed by atoms with Crippen LogP contribution in [0.15, 0.2) is 36.4 Å². The van der Waals surface area contributed by atoms with Crippen LogP contribution in [0.4, 0.5) is 10.6 Å². The molecule has 2 aromatic rings. The van der Waals surface area contributed by atoms with Gasteiger partial charge in [-0.2, -0.15) is 5.10 Å². The van der Waals surface area contributed by atoms with E-state index in [1.807, 2.05) is 43.3 Å². The molecule has 0 aliphatic rings. The van der Waals surface area contributed by atoms with E-state index in [-0.39, 0.29) is 18.7 Å². The van der Waals surface area contributed by atoms with Gasteiger partial charge in [0.25, 0.3) is 0 Å². The lowest BCUT2D eigenvalue weighted by molar-refractivity contribution is 0.214. The van der Waals surface area contributed by atoms with Crippen molar-refractivity contribution >= 4 is 11.8 Å². The minimum atomic E-state index is -0.330. The molecule has 0 saturated carbocycles. The van der Waals surface area contributed by atoms with Crippen LogP contribution in [0.25, 0.3) is 0 Å². The van der Waals surface area contributed by atoms with Crippen molar-refractivity contribution in [2.24, 2.45) is 5.92 Å². The fourth-order valence-corrected chi connectivity index (χ4v) is 2.61. The number of hydrogen-bond acceptors (Lipinski definition) is 3. The second-order valence-corrected chi connectivity index (χ2v) is 6.42. The largest absolute Gasteiger partial charge is 0.394 e. The van der Waals surface area contributed by atoms with E-state index < -0.39 is 0 Å². The number of aryl methyl sites for hydroxylation is 1. The molecule has 2 amide bonds. The number of aliphatic hydroxyl groups excluding tert-OH is 1. The van der Waals surface area contributed by atoms with Crippen molar-refractivity contribution in [3.63, 3.8) is 0 Å². The summed E-state index contributed by atoms with van der Waals surface area (Å²) in [5.74, 6) is 1.03. The average molecular weight is 330 g/mol. The van der Waals surface area contributed by atoms with Crippen LogP contribution in [0.2, 0.25) is 0 Å². The Labute approximate surface area is 142 Å². The standard InChI is InChI=1S/C18H26N4O2/c1-13(2)9-16(12-23)19-18(24)20-17-10-14(3)21-22(17)11-15-7-5-4-6-8-15/h4-8,10,13,16,23H,9,11-12H2,1-3H3,(H2,19,20,24). The van der Waals surface area contributed by atoms with Gasteiger partial charge in [0.05, 0.1) is 24.9 Å². The predicted molar refractivity (Wildman–Crippen MR) is 95.0 cm³/mol. The third kappa shape index (κ3) is 5.38. The summed E-state index contributed by atoms with van der Waals surface area (Å²) in [4.78, 5) is 12.2. The summed E-state index contributed by atoms with van der Waals surface area (Å²) >= 11 is 0. The summed E-state index contributed by atoms with van der Waals surface area (Å²) in [6.07, 6.45) is 0.728. The number of nitrogens with zero attached hydrogens (tertiary/aromatic N) is 2. The zero-order valence-electron chi connectivity index (χ0n) is 14.5. The van der Waals surface area contributed by atoms with Gasteiger partial charge in [-0.15, -0.1) is 0 Å². The van der Waals surface area contributed by atoms with Crippen molar-refractivity contribution in [2.75, 3.05) is 11.9 Å². The first-order valence-corrected chi connectivity index (χ1v) is 8.24. The maximum absolute atomic E-state index is 12.2.